The van der Waals surface area contributed by atoms with Gasteiger partial charge in [-0.25, -0.2) is 4.98 Å². The zero-order valence-electron chi connectivity index (χ0n) is 13.6. The minimum Gasteiger partial charge on any atom is -0.340 e. The van der Waals surface area contributed by atoms with E-state index >= 15 is 0 Å². The van der Waals surface area contributed by atoms with Crippen LogP contribution in [0.25, 0.3) is 11.0 Å². The van der Waals surface area contributed by atoms with Crippen LogP contribution in [0.1, 0.15) is 37.3 Å². The molecule has 1 N–H and O–H groups in total. The molecule has 2 aromatic heterocycles. The molecule has 126 valence electrons. The highest BCUT2D eigenvalue weighted by Crippen LogP contribution is 2.30. The summed E-state index contributed by atoms with van der Waals surface area (Å²) in [6.07, 6.45) is 5.16. The van der Waals surface area contributed by atoms with Gasteiger partial charge in [-0.3, -0.25) is 14.7 Å². The fraction of sp³-hybridized carbons (Fsp3) is 0.529. The lowest BCUT2D eigenvalue weighted by Gasteiger charge is -2.33. The Hall–Kier alpha value is -2.44. The molecular formula is C17H21N5O2. The molecule has 2 fully saturated rings. The van der Waals surface area contributed by atoms with Gasteiger partial charge in [0.1, 0.15) is 0 Å². The summed E-state index contributed by atoms with van der Waals surface area (Å²) in [6, 6.07) is 3.93. The van der Waals surface area contributed by atoms with Crippen molar-refractivity contribution in [3.8, 4) is 0 Å². The number of aromatic nitrogens is 3. The molecule has 1 unspecified atom stereocenters. The quantitative estimate of drug-likeness (QED) is 0.921. The number of likely N-dealkylation sites (tertiary alicyclic amines) is 2. The zero-order valence-corrected chi connectivity index (χ0v) is 13.6. The molecule has 0 radical (unpaired) electrons. The molecule has 2 aliphatic rings. The third kappa shape index (κ3) is 2.74. The summed E-state index contributed by atoms with van der Waals surface area (Å²) in [5.74, 6) is 0.394. The summed E-state index contributed by atoms with van der Waals surface area (Å²) in [5.41, 5.74) is 1.78. The van der Waals surface area contributed by atoms with Gasteiger partial charge in [-0.2, -0.15) is 5.10 Å². The van der Waals surface area contributed by atoms with Crippen LogP contribution in [-0.2, 0) is 9.59 Å². The second-order valence-electron chi connectivity index (χ2n) is 6.61. The van der Waals surface area contributed by atoms with Gasteiger partial charge < -0.3 is 9.80 Å². The molecule has 0 spiro atoms. The van der Waals surface area contributed by atoms with E-state index in [-0.39, 0.29) is 24.3 Å². The molecular weight excluding hydrogens is 306 g/mol. The van der Waals surface area contributed by atoms with Gasteiger partial charge in [0, 0.05) is 49.2 Å². The van der Waals surface area contributed by atoms with E-state index in [9.17, 15) is 9.59 Å². The molecule has 2 aromatic rings. The normalized spacial score (nSPS) is 21.7. The fourth-order valence-electron chi connectivity index (χ4n) is 3.75. The number of fused-ring (bicyclic) bond motifs is 1. The number of carbonyl (C=O) groups excluding carboxylic acids is 2. The molecule has 0 saturated carbocycles. The molecule has 7 nitrogen and oxygen atoms in total. The van der Waals surface area contributed by atoms with Crippen LogP contribution in [0.2, 0.25) is 0 Å². The van der Waals surface area contributed by atoms with Crippen LogP contribution in [0, 0.1) is 0 Å². The Kier molecular flexibility index (Phi) is 3.92. The summed E-state index contributed by atoms with van der Waals surface area (Å²) in [6.45, 7) is 2.37. The summed E-state index contributed by atoms with van der Waals surface area (Å²) in [7, 11) is 0. The van der Waals surface area contributed by atoms with Crippen LogP contribution in [0.4, 0.5) is 0 Å². The van der Waals surface area contributed by atoms with E-state index in [1.807, 2.05) is 17.0 Å². The van der Waals surface area contributed by atoms with Gasteiger partial charge in [-0.1, -0.05) is 0 Å². The Morgan fingerprint density at radius 1 is 1.33 bits per heavy atom. The van der Waals surface area contributed by atoms with E-state index < -0.39 is 0 Å². The van der Waals surface area contributed by atoms with Gasteiger partial charge in [-0.15, -0.1) is 0 Å². The number of carbonyl (C=O) groups is 2. The Morgan fingerprint density at radius 3 is 3.08 bits per heavy atom. The van der Waals surface area contributed by atoms with Crippen molar-refractivity contribution >= 4 is 22.8 Å². The molecule has 4 rings (SSSR count). The average molecular weight is 327 g/mol. The lowest BCUT2D eigenvalue weighted by molar-refractivity contribution is -0.139. The van der Waals surface area contributed by atoms with Crippen LogP contribution >= 0.6 is 0 Å². The maximum absolute atomic E-state index is 12.6. The number of hydrogen-bond acceptors (Lipinski definition) is 4. The molecule has 0 aliphatic carbocycles. The number of pyridine rings is 1. The van der Waals surface area contributed by atoms with Crippen molar-refractivity contribution in [2.75, 3.05) is 26.2 Å². The van der Waals surface area contributed by atoms with E-state index in [2.05, 4.69) is 15.2 Å². The van der Waals surface area contributed by atoms with Gasteiger partial charge in [0.2, 0.25) is 11.8 Å². The molecule has 1 atom stereocenters. The molecule has 2 aliphatic heterocycles. The molecule has 2 saturated heterocycles. The van der Waals surface area contributed by atoms with Crippen molar-refractivity contribution in [3.63, 3.8) is 0 Å². The largest absolute Gasteiger partial charge is 0.340 e. The maximum atomic E-state index is 12.6. The minimum absolute atomic E-state index is 0.0527. The van der Waals surface area contributed by atoms with Crippen LogP contribution < -0.4 is 0 Å². The molecule has 2 amide bonds. The van der Waals surface area contributed by atoms with Gasteiger partial charge in [0.15, 0.2) is 5.65 Å². The molecule has 0 aromatic carbocycles. The summed E-state index contributed by atoms with van der Waals surface area (Å²) in [5, 5.41) is 8.41. The van der Waals surface area contributed by atoms with E-state index in [0.717, 1.165) is 42.5 Å². The fourth-order valence-corrected chi connectivity index (χ4v) is 3.75. The van der Waals surface area contributed by atoms with Gasteiger partial charge in [-0.05, 0) is 31.4 Å². The lowest BCUT2D eigenvalue weighted by atomic mass is 9.93. The Balaban J connectivity index is 1.47. The van der Waals surface area contributed by atoms with Gasteiger partial charge in [0.25, 0.3) is 0 Å². The SMILES string of the molecule is O=C1CCCN1CC(=O)N1CCCC(c2[nH]nc3ncccc23)C1. The first-order chi connectivity index (χ1) is 11.7. The van der Waals surface area contributed by atoms with Crippen molar-refractivity contribution < 1.29 is 9.59 Å². The highest BCUT2D eigenvalue weighted by atomic mass is 16.2. The Morgan fingerprint density at radius 2 is 2.25 bits per heavy atom. The molecule has 4 heterocycles. The minimum atomic E-state index is 0.0527. The van der Waals surface area contributed by atoms with Crippen LogP contribution in [0.15, 0.2) is 18.3 Å². The van der Waals surface area contributed by atoms with Gasteiger partial charge in [0.05, 0.1) is 6.54 Å². The number of hydrogen-bond donors (Lipinski definition) is 1. The Bertz CT molecular complexity index is 771. The van der Waals surface area contributed by atoms with Crippen LogP contribution in [0.3, 0.4) is 0 Å². The monoisotopic (exact) mass is 327 g/mol. The standard InChI is InChI=1S/C17H21N5O2/c23-14-6-3-9-22(14)11-15(24)21-8-2-4-12(10-21)16-13-5-1-7-18-17(13)20-19-16/h1,5,7,12H,2-4,6,8-11H2,(H,18,19,20). The van der Waals surface area contributed by atoms with Crippen molar-refractivity contribution in [2.45, 2.75) is 31.6 Å². The number of nitrogens with zero attached hydrogens (tertiary/aromatic N) is 4. The Labute approximate surface area is 140 Å². The zero-order chi connectivity index (χ0) is 16.5. The van der Waals surface area contributed by atoms with E-state index in [0.29, 0.717) is 19.5 Å². The third-order valence-corrected chi connectivity index (χ3v) is 5.04. The lowest BCUT2D eigenvalue weighted by Crippen LogP contribution is -2.45. The highest BCUT2D eigenvalue weighted by Gasteiger charge is 2.30. The molecule has 24 heavy (non-hydrogen) atoms. The van der Waals surface area contributed by atoms with Crippen molar-refractivity contribution in [1.29, 1.82) is 0 Å². The summed E-state index contributed by atoms with van der Waals surface area (Å²) >= 11 is 0. The number of amides is 2. The predicted octanol–water partition coefficient (Wildman–Crippen LogP) is 1.29. The molecule has 0 bridgehead atoms. The predicted molar refractivity (Wildman–Crippen MR) is 88.3 cm³/mol. The number of nitrogens with one attached hydrogen (secondary N) is 1. The second-order valence-corrected chi connectivity index (χ2v) is 6.61. The third-order valence-electron chi connectivity index (χ3n) is 5.04. The average Bonchev–Trinajstić information content (AvgIpc) is 3.21. The van der Waals surface area contributed by atoms with Crippen molar-refractivity contribution in [1.82, 2.24) is 25.0 Å². The van der Waals surface area contributed by atoms with Crippen LogP contribution in [0.5, 0.6) is 0 Å². The smallest absolute Gasteiger partial charge is 0.242 e. The first kappa shape index (κ1) is 15.1. The van der Waals surface area contributed by atoms with E-state index in [4.69, 9.17) is 0 Å². The van der Waals surface area contributed by atoms with Crippen molar-refractivity contribution in [3.05, 3.63) is 24.0 Å². The first-order valence-corrected chi connectivity index (χ1v) is 8.57. The summed E-state index contributed by atoms with van der Waals surface area (Å²) < 4.78 is 0. The molecule has 7 heteroatoms. The van der Waals surface area contributed by atoms with Gasteiger partial charge >= 0.3 is 0 Å². The van der Waals surface area contributed by atoms with E-state index in [1.54, 1.807) is 11.1 Å². The first-order valence-electron chi connectivity index (χ1n) is 8.57. The number of piperidine rings is 1. The number of rotatable bonds is 3. The summed E-state index contributed by atoms with van der Waals surface area (Å²) in [4.78, 5) is 32.1. The van der Waals surface area contributed by atoms with Crippen LogP contribution in [-0.4, -0.2) is 63.0 Å². The maximum Gasteiger partial charge on any atom is 0.242 e. The number of H-pyrrole nitrogens is 1. The van der Waals surface area contributed by atoms with E-state index in [1.165, 1.54) is 0 Å². The topological polar surface area (TPSA) is 82.2 Å². The van der Waals surface area contributed by atoms with Crippen molar-refractivity contribution in [2.24, 2.45) is 0 Å². The highest BCUT2D eigenvalue weighted by molar-refractivity contribution is 5.86. The second kappa shape index (κ2) is 6.22. The number of aromatic amines is 1.